The van der Waals surface area contributed by atoms with E-state index in [1.807, 2.05) is 0 Å². The molecule has 0 atom stereocenters. The van der Waals surface area contributed by atoms with Crippen molar-refractivity contribution in [2.75, 3.05) is 23.9 Å². The number of nitrogens with one attached hydrogen (secondary N) is 1. The van der Waals surface area contributed by atoms with Crippen LogP contribution in [0.15, 0.2) is 18.2 Å². The molecule has 2 N–H and O–H groups in total. The van der Waals surface area contributed by atoms with Crippen LogP contribution in [0.2, 0.25) is 0 Å². The summed E-state index contributed by atoms with van der Waals surface area (Å²) in [5.74, 6) is -0.430. The molecule has 0 spiro atoms. The number of benzene rings is 1. The fraction of sp³-hybridized carbons (Fsp3) is 0.571. The van der Waals surface area contributed by atoms with Gasteiger partial charge in [-0.2, -0.15) is 0 Å². The van der Waals surface area contributed by atoms with E-state index in [1.165, 1.54) is 7.11 Å². The second-order valence-electron chi connectivity index (χ2n) is 7.89. The first-order valence-electron chi connectivity index (χ1n) is 9.92. The van der Waals surface area contributed by atoms with E-state index in [2.05, 4.69) is 5.32 Å². The molecule has 0 aromatic heterocycles. The molecule has 1 saturated carbocycles. The molecule has 0 unspecified atom stereocenters. The van der Waals surface area contributed by atoms with Crippen LogP contribution in [0.1, 0.15) is 57.8 Å². The van der Waals surface area contributed by atoms with Crippen LogP contribution in [0.4, 0.5) is 11.4 Å². The maximum Gasteiger partial charge on any atom is 0.303 e. The molecule has 0 radical (unpaired) electrons. The van der Waals surface area contributed by atoms with Crippen molar-refractivity contribution >= 4 is 29.2 Å². The Morgan fingerprint density at radius 2 is 1.93 bits per heavy atom. The third-order valence-electron chi connectivity index (χ3n) is 5.80. The van der Waals surface area contributed by atoms with E-state index in [0.29, 0.717) is 30.1 Å². The molecular weight excluding hydrogens is 360 g/mol. The van der Waals surface area contributed by atoms with Crippen LogP contribution < -0.4 is 15.0 Å². The summed E-state index contributed by atoms with van der Waals surface area (Å²) in [4.78, 5) is 37.7. The van der Waals surface area contributed by atoms with Crippen molar-refractivity contribution in [1.82, 2.24) is 0 Å². The number of carboxylic acid groups (broad SMARTS) is 1. The Balaban J connectivity index is 1.71. The van der Waals surface area contributed by atoms with Gasteiger partial charge in [-0.25, -0.2) is 0 Å². The summed E-state index contributed by atoms with van der Waals surface area (Å²) in [5, 5.41) is 12.2. The van der Waals surface area contributed by atoms with Crippen molar-refractivity contribution in [1.29, 1.82) is 0 Å². The van der Waals surface area contributed by atoms with Crippen LogP contribution in [-0.4, -0.2) is 36.5 Å². The molecule has 1 aromatic rings. The number of methoxy groups -OCH3 is 1. The molecule has 1 aromatic carbocycles. The molecule has 2 fully saturated rings. The topological polar surface area (TPSA) is 95.9 Å². The third-order valence-corrected chi connectivity index (χ3v) is 5.80. The Bertz CT molecular complexity index is 755. The van der Waals surface area contributed by atoms with Gasteiger partial charge in [-0.05, 0) is 36.8 Å². The zero-order valence-electron chi connectivity index (χ0n) is 16.3. The standard InChI is InChI=1S/C21H28N2O5/c1-28-17-12-15(7-8-16(17)23-11-5-6-19(23)25)22-18(24)13-21(14-20(26)27)9-3-2-4-10-21/h7-8,12H,2-6,9-11,13-14H2,1H3,(H,22,24)(H,26,27). The van der Waals surface area contributed by atoms with Gasteiger partial charge < -0.3 is 20.1 Å². The molecule has 0 bridgehead atoms. The number of hydrogen-bond acceptors (Lipinski definition) is 4. The maximum absolute atomic E-state index is 12.7. The van der Waals surface area contributed by atoms with Crippen LogP contribution >= 0.6 is 0 Å². The van der Waals surface area contributed by atoms with Crippen molar-refractivity contribution in [3.63, 3.8) is 0 Å². The number of rotatable bonds is 7. The van der Waals surface area contributed by atoms with Crippen molar-refractivity contribution in [2.45, 2.75) is 57.8 Å². The zero-order chi connectivity index (χ0) is 20.1. The Kier molecular flexibility index (Phi) is 6.21. The molecule has 28 heavy (non-hydrogen) atoms. The van der Waals surface area contributed by atoms with E-state index in [4.69, 9.17) is 4.74 Å². The first-order chi connectivity index (χ1) is 13.4. The van der Waals surface area contributed by atoms with Gasteiger partial charge in [0.15, 0.2) is 0 Å². The van der Waals surface area contributed by atoms with Crippen molar-refractivity contribution in [2.24, 2.45) is 5.41 Å². The first kappa shape index (κ1) is 20.2. The first-order valence-corrected chi connectivity index (χ1v) is 9.92. The largest absolute Gasteiger partial charge is 0.494 e. The Morgan fingerprint density at radius 3 is 2.54 bits per heavy atom. The van der Waals surface area contributed by atoms with Crippen LogP contribution in [-0.2, 0) is 14.4 Å². The monoisotopic (exact) mass is 388 g/mol. The van der Waals surface area contributed by atoms with Gasteiger partial charge in [-0.1, -0.05) is 19.3 Å². The quantitative estimate of drug-likeness (QED) is 0.744. The van der Waals surface area contributed by atoms with Crippen LogP contribution in [0.5, 0.6) is 5.75 Å². The Labute approximate surface area is 165 Å². The van der Waals surface area contributed by atoms with Crippen molar-refractivity contribution in [3.05, 3.63) is 18.2 Å². The Morgan fingerprint density at radius 1 is 1.18 bits per heavy atom. The second kappa shape index (κ2) is 8.63. The molecule has 152 valence electrons. The summed E-state index contributed by atoms with van der Waals surface area (Å²) in [6.45, 7) is 0.665. The minimum absolute atomic E-state index is 0.0275. The van der Waals surface area contributed by atoms with Crippen LogP contribution in [0, 0.1) is 5.41 Å². The fourth-order valence-corrected chi connectivity index (χ4v) is 4.47. The lowest BCUT2D eigenvalue weighted by Gasteiger charge is -2.35. The highest BCUT2D eigenvalue weighted by Crippen LogP contribution is 2.42. The van der Waals surface area contributed by atoms with E-state index in [1.54, 1.807) is 23.1 Å². The molecule has 2 aliphatic rings. The highest BCUT2D eigenvalue weighted by molar-refractivity contribution is 5.98. The maximum atomic E-state index is 12.7. The molecule has 7 heteroatoms. The van der Waals surface area contributed by atoms with Gasteiger partial charge in [0.2, 0.25) is 11.8 Å². The van der Waals surface area contributed by atoms with Crippen molar-refractivity contribution in [3.8, 4) is 5.75 Å². The number of hydrogen-bond donors (Lipinski definition) is 2. The van der Waals surface area contributed by atoms with E-state index >= 15 is 0 Å². The molecule has 1 aliphatic carbocycles. The Hall–Kier alpha value is -2.57. The van der Waals surface area contributed by atoms with Gasteiger partial charge in [0.05, 0.1) is 19.2 Å². The van der Waals surface area contributed by atoms with Gasteiger partial charge in [0.1, 0.15) is 5.75 Å². The lowest BCUT2D eigenvalue weighted by atomic mass is 9.69. The zero-order valence-corrected chi connectivity index (χ0v) is 16.3. The summed E-state index contributed by atoms with van der Waals surface area (Å²) in [7, 11) is 1.54. The smallest absolute Gasteiger partial charge is 0.303 e. The summed E-state index contributed by atoms with van der Waals surface area (Å²) in [6, 6.07) is 5.25. The van der Waals surface area contributed by atoms with Gasteiger partial charge >= 0.3 is 5.97 Å². The average Bonchev–Trinajstić information content (AvgIpc) is 3.07. The van der Waals surface area contributed by atoms with E-state index in [0.717, 1.165) is 38.5 Å². The van der Waals surface area contributed by atoms with E-state index in [-0.39, 0.29) is 24.7 Å². The number of carbonyl (C=O) groups is 3. The van der Waals surface area contributed by atoms with Gasteiger partial charge in [-0.15, -0.1) is 0 Å². The second-order valence-corrected chi connectivity index (χ2v) is 7.89. The number of anilines is 2. The summed E-state index contributed by atoms with van der Waals surface area (Å²) >= 11 is 0. The molecule has 3 rings (SSSR count). The number of aliphatic carboxylic acids is 1. The number of nitrogens with zero attached hydrogens (tertiary/aromatic N) is 1. The fourth-order valence-electron chi connectivity index (χ4n) is 4.47. The normalized spacial score (nSPS) is 18.8. The minimum Gasteiger partial charge on any atom is -0.494 e. The highest BCUT2D eigenvalue weighted by atomic mass is 16.5. The average molecular weight is 388 g/mol. The van der Waals surface area contributed by atoms with Gasteiger partial charge in [0.25, 0.3) is 0 Å². The lowest BCUT2D eigenvalue weighted by molar-refractivity contribution is -0.141. The minimum atomic E-state index is -0.851. The molecule has 2 amide bonds. The summed E-state index contributed by atoms with van der Waals surface area (Å²) in [6.07, 6.45) is 6.15. The molecule has 1 saturated heterocycles. The molecular formula is C21H28N2O5. The molecule has 7 nitrogen and oxygen atoms in total. The number of carboxylic acids is 1. The summed E-state index contributed by atoms with van der Waals surface area (Å²) < 4.78 is 5.43. The third kappa shape index (κ3) is 4.64. The van der Waals surface area contributed by atoms with Gasteiger partial charge in [-0.3, -0.25) is 14.4 Å². The van der Waals surface area contributed by atoms with Gasteiger partial charge in [0, 0.05) is 31.1 Å². The number of ether oxygens (including phenoxy) is 1. The van der Waals surface area contributed by atoms with Crippen LogP contribution in [0.25, 0.3) is 0 Å². The lowest BCUT2D eigenvalue weighted by Crippen LogP contribution is -2.32. The van der Waals surface area contributed by atoms with Crippen molar-refractivity contribution < 1.29 is 24.2 Å². The number of amides is 2. The number of carbonyl (C=O) groups excluding carboxylic acids is 2. The van der Waals surface area contributed by atoms with E-state index < -0.39 is 11.4 Å². The molecule has 1 heterocycles. The summed E-state index contributed by atoms with van der Waals surface area (Å²) in [5.41, 5.74) is 0.830. The predicted molar refractivity (Wildman–Crippen MR) is 106 cm³/mol. The SMILES string of the molecule is COc1cc(NC(=O)CC2(CC(=O)O)CCCCC2)ccc1N1CCCC1=O. The predicted octanol–water partition coefficient (Wildman–Crippen LogP) is 3.58. The molecule has 1 aliphatic heterocycles. The highest BCUT2D eigenvalue weighted by Gasteiger charge is 2.36. The van der Waals surface area contributed by atoms with E-state index in [9.17, 15) is 19.5 Å². The van der Waals surface area contributed by atoms with Crippen LogP contribution in [0.3, 0.4) is 0 Å².